The molecule has 0 saturated heterocycles. The Morgan fingerprint density at radius 2 is 2.00 bits per heavy atom. The van der Waals surface area contributed by atoms with Crippen molar-refractivity contribution in [1.82, 2.24) is 5.32 Å². The topological polar surface area (TPSA) is 66.4 Å². The third kappa shape index (κ3) is 3.53. The lowest BCUT2D eigenvalue weighted by molar-refractivity contribution is -0.140. The number of hydrogen-bond acceptors (Lipinski definition) is 2. The van der Waals surface area contributed by atoms with Crippen molar-refractivity contribution in [1.29, 1.82) is 0 Å². The molecule has 1 saturated carbocycles. The van der Waals surface area contributed by atoms with Crippen molar-refractivity contribution < 1.29 is 19.1 Å². The SMILES string of the molecule is C[C@H](Cc1ccc(F)cc1)NC(=O)[C@@H]1C[C@H]1C(=O)O. The van der Waals surface area contributed by atoms with Crippen LogP contribution in [0.15, 0.2) is 24.3 Å². The summed E-state index contributed by atoms with van der Waals surface area (Å²) in [6.07, 6.45) is 1.01. The molecule has 19 heavy (non-hydrogen) atoms. The number of hydrogen-bond donors (Lipinski definition) is 2. The lowest BCUT2D eigenvalue weighted by Crippen LogP contribution is -2.35. The van der Waals surface area contributed by atoms with E-state index in [-0.39, 0.29) is 17.8 Å². The molecule has 4 nitrogen and oxygen atoms in total. The lowest BCUT2D eigenvalue weighted by atomic mass is 10.1. The minimum Gasteiger partial charge on any atom is -0.481 e. The largest absolute Gasteiger partial charge is 0.481 e. The van der Waals surface area contributed by atoms with Crippen molar-refractivity contribution >= 4 is 11.9 Å². The van der Waals surface area contributed by atoms with Crippen LogP contribution in [0.4, 0.5) is 4.39 Å². The number of nitrogens with one attached hydrogen (secondary N) is 1. The maximum atomic E-state index is 12.7. The molecular formula is C14H16FNO3. The molecule has 0 unspecified atom stereocenters. The molecule has 1 aromatic rings. The Bertz CT molecular complexity index is 486. The Morgan fingerprint density at radius 1 is 1.37 bits per heavy atom. The van der Waals surface area contributed by atoms with E-state index in [2.05, 4.69) is 5.32 Å². The van der Waals surface area contributed by atoms with E-state index >= 15 is 0 Å². The lowest BCUT2D eigenvalue weighted by Gasteiger charge is -2.13. The molecule has 1 aliphatic carbocycles. The first-order chi connectivity index (χ1) is 8.97. The van der Waals surface area contributed by atoms with Gasteiger partial charge in [-0.05, 0) is 37.5 Å². The fourth-order valence-electron chi connectivity index (χ4n) is 2.13. The summed E-state index contributed by atoms with van der Waals surface area (Å²) in [7, 11) is 0. The monoisotopic (exact) mass is 265 g/mol. The van der Waals surface area contributed by atoms with Crippen LogP contribution in [0.25, 0.3) is 0 Å². The van der Waals surface area contributed by atoms with Gasteiger partial charge in [-0.25, -0.2) is 4.39 Å². The summed E-state index contributed by atoms with van der Waals surface area (Å²) in [6, 6.07) is 6.01. The number of carbonyl (C=O) groups excluding carboxylic acids is 1. The molecule has 0 bridgehead atoms. The summed E-state index contributed by atoms with van der Waals surface area (Å²) in [6.45, 7) is 1.85. The van der Waals surface area contributed by atoms with Crippen LogP contribution in [0, 0.1) is 17.7 Å². The first-order valence-electron chi connectivity index (χ1n) is 6.25. The van der Waals surface area contributed by atoms with Crippen molar-refractivity contribution in [3.05, 3.63) is 35.6 Å². The Kier molecular flexibility index (Phi) is 3.83. The molecule has 1 fully saturated rings. The maximum Gasteiger partial charge on any atom is 0.307 e. The minimum atomic E-state index is -0.911. The van der Waals surface area contributed by atoms with Gasteiger partial charge in [0.1, 0.15) is 5.82 Å². The molecule has 1 amide bonds. The zero-order valence-electron chi connectivity index (χ0n) is 10.6. The van der Waals surface area contributed by atoms with Crippen LogP contribution in [0.2, 0.25) is 0 Å². The minimum absolute atomic E-state index is 0.104. The standard InChI is InChI=1S/C14H16FNO3/c1-8(6-9-2-4-10(15)5-3-9)16-13(17)11-7-12(11)14(18)19/h2-5,8,11-12H,6-7H2,1H3,(H,16,17)(H,18,19)/t8-,11-,12-/m1/s1. The van der Waals surface area contributed by atoms with Gasteiger partial charge >= 0.3 is 5.97 Å². The highest BCUT2D eigenvalue weighted by atomic mass is 19.1. The van der Waals surface area contributed by atoms with E-state index in [0.717, 1.165) is 5.56 Å². The van der Waals surface area contributed by atoms with Gasteiger partial charge in [0.25, 0.3) is 0 Å². The summed E-state index contributed by atoms with van der Waals surface area (Å²) in [5.41, 5.74) is 0.930. The maximum absolute atomic E-state index is 12.7. The number of carbonyl (C=O) groups is 2. The number of rotatable bonds is 5. The molecule has 2 rings (SSSR count). The summed E-state index contributed by atoms with van der Waals surface area (Å²) in [5.74, 6) is -2.33. The summed E-state index contributed by atoms with van der Waals surface area (Å²) < 4.78 is 12.7. The molecule has 0 spiro atoms. The first kappa shape index (κ1) is 13.5. The Labute approximate surface area is 110 Å². The molecule has 0 aliphatic heterocycles. The van der Waals surface area contributed by atoms with Crippen LogP contribution < -0.4 is 5.32 Å². The van der Waals surface area contributed by atoms with E-state index in [1.54, 1.807) is 12.1 Å². The van der Waals surface area contributed by atoms with Gasteiger partial charge in [0, 0.05) is 6.04 Å². The van der Waals surface area contributed by atoms with Crippen molar-refractivity contribution in [3.8, 4) is 0 Å². The van der Waals surface area contributed by atoms with E-state index in [4.69, 9.17) is 5.11 Å². The molecule has 3 atom stereocenters. The Hall–Kier alpha value is -1.91. The van der Waals surface area contributed by atoms with Gasteiger partial charge in [0.2, 0.25) is 5.91 Å². The first-order valence-corrected chi connectivity index (χ1v) is 6.25. The predicted molar refractivity (Wildman–Crippen MR) is 66.9 cm³/mol. The third-order valence-corrected chi connectivity index (χ3v) is 3.29. The second-order valence-corrected chi connectivity index (χ2v) is 5.03. The van der Waals surface area contributed by atoms with E-state index in [0.29, 0.717) is 12.8 Å². The normalized spacial score (nSPS) is 22.6. The number of benzene rings is 1. The van der Waals surface area contributed by atoms with Crippen molar-refractivity contribution in [2.24, 2.45) is 11.8 Å². The van der Waals surface area contributed by atoms with Crippen molar-refractivity contribution in [2.45, 2.75) is 25.8 Å². The van der Waals surface area contributed by atoms with Crippen LogP contribution in [-0.4, -0.2) is 23.0 Å². The van der Waals surface area contributed by atoms with Crippen LogP contribution in [0.5, 0.6) is 0 Å². The fourth-order valence-corrected chi connectivity index (χ4v) is 2.13. The average molecular weight is 265 g/mol. The molecule has 5 heteroatoms. The molecule has 102 valence electrons. The molecule has 2 N–H and O–H groups in total. The number of halogens is 1. The fraction of sp³-hybridized carbons (Fsp3) is 0.429. The van der Waals surface area contributed by atoms with Gasteiger partial charge in [-0.15, -0.1) is 0 Å². The highest BCUT2D eigenvalue weighted by molar-refractivity contribution is 5.89. The van der Waals surface area contributed by atoms with Crippen molar-refractivity contribution in [2.75, 3.05) is 0 Å². The number of amides is 1. The van der Waals surface area contributed by atoms with Crippen LogP contribution >= 0.6 is 0 Å². The Balaban J connectivity index is 1.81. The molecule has 1 aliphatic rings. The molecular weight excluding hydrogens is 249 g/mol. The third-order valence-electron chi connectivity index (χ3n) is 3.29. The average Bonchev–Trinajstić information content (AvgIpc) is 3.12. The zero-order valence-corrected chi connectivity index (χ0v) is 10.6. The van der Waals surface area contributed by atoms with E-state index in [1.807, 2.05) is 6.92 Å². The highest BCUT2D eigenvalue weighted by Gasteiger charge is 2.48. The number of carboxylic acid groups (broad SMARTS) is 1. The smallest absolute Gasteiger partial charge is 0.307 e. The number of aliphatic carboxylic acids is 1. The molecule has 0 radical (unpaired) electrons. The van der Waals surface area contributed by atoms with Gasteiger partial charge in [0.05, 0.1) is 11.8 Å². The van der Waals surface area contributed by atoms with Gasteiger partial charge < -0.3 is 10.4 Å². The van der Waals surface area contributed by atoms with E-state index < -0.39 is 17.8 Å². The van der Waals surface area contributed by atoms with Crippen molar-refractivity contribution in [3.63, 3.8) is 0 Å². The molecule has 0 aromatic heterocycles. The Morgan fingerprint density at radius 3 is 2.53 bits per heavy atom. The van der Waals surface area contributed by atoms with Crippen LogP contribution in [-0.2, 0) is 16.0 Å². The molecule has 0 heterocycles. The summed E-state index contributed by atoms with van der Waals surface area (Å²) in [4.78, 5) is 22.4. The summed E-state index contributed by atoms with van der Waals surface area (Å²) >= 11 is 0. The van der Waals surface area contributed by atoms with Gasteiger partial charge in [-0.3, -0.25) is 9.59 Å². The van der Waals surface area contributed by atoms with Crippen LogP contribution in [0.3, 0.4) is 0 Å². The van der Waals surface area contributed by atoms with Gasteiger partial charge in [0.15, 0.2) is 0 Å². The molecule has 1 aromatic carbocycles. The van der Waals surface area contributed by atoms with Gasteiger partial charge in [-0.2, -0.15) is 0 Å². The van der Waals surface area contributed by atoms with Gasteiger partial charge in [-0.1, -0.05) is 12.1 Å². The van der Waals surface area contributed by atoms with E-state index in [9.17, 15) is 14.0 Å². The zero-order chi connectivity index (χ0) is 14.0. The quantitative estimate of drug-likeness (QED) is 0.849. The van der Waals surface area contributed by atoms with Crippen LogP contribution in [0.1, 0.15) is 18.9 Å². The summed E-state index contributed by atoms with van der Waals surface area (Å²) in [5, 5.41) is 11.5. The second-order valence-electron chi connectivity index (χ2n) is 5.03. The number of carboxylic acids is 1. The van der Waals surface area contributed by atoms with E-state index in [1.165, 1.54) is 12.1 Å². The second kappa shape index (κ2) is 5.38. The highest BCUT2D eigenvalue weighted by Crippen LogP contribution is 2.38. The predicted octanol–water partition coefficient (Wildman–Crippen LogP) is 1.59.